The van der Waals surface area contributed by atoms with Gasteiger partial charge in [0.15, 0.2) is 0 Å². The number of ether oxygens (including phenoxy) is 1. The molecule has 29 heavy (non-hydrogen) atoms. The largest absolute Gasteiger partial charge is 0.496 e. The highest BCUT2D eigenvalue weighted by atomic mass is 35.5. The topological polar surface area (TPSA) is 31.2 Å². The lowest BCUT2D eigenvalue weighted by Gasteiger charge is -2.27. The maximum Gasteiger partial charge on any atom is 0.262 e. The molecule has 0 unspecified atom stereocenters. The van der Waals surface area contributed by atoms with E-state index < -0.39 is 0 Å². The Hall–Kier alpha value is -2.26. The zero-order valence-electron chi connectivity index (χ0n) is 18.6. The van der Waals surface area contributed by atoms with Gasteiger partial charge in [-0.15, -0.1) is 0 Å². The van der Waals surface area contributed by atoms with Crippen LogP contribution in [0.25, 0.3) is 10.9 Å². The van der Waals surface area contributed by atoms with E-state index in [-0.39, 0.29) is 16.7 Å². The Bertz CT molecular complexity index is 1080. The van der Waals surface area contributed by atoms with Crippen molar-refractivity contribution >= 4 is 28.4 Å². The van der Waals surface area contributed by atoms with Crippen molar-refractivity contribution in [3.8, 4) is 5.75 Å². The molecule has 0 saturated carbocycles. The number of hydrogen-bond acceptors (Lipinski definition) is 2. The number of aromatic nitrogens is 1. The molecule has 0 saturated heterocycles. The van der Waals surface area contributed by atoms with Crippen molar-refractivity contribution in [3.05, 3.63) is 63.8 Å². The van der Waals surface area contributed by atoms with Gasteiger partial charge in [0.25, 0.3) is 5.91 Å². The summed E-state index contributed by atoms with van der Waals surface area (Å²) in [7, 11) is 1.70. The first-order valence-corrected chi connectivity index (χ1v) is 10.3. The van der Waals surface area contributed by atoms with Crippen LogP contribution in [0.1, 0.15) is 68.7 Å². The summed E-state index contributed by atoms with van der Waals surface area (Å²) in [5.41, 5.74) is 4.52. The second-order valence-electron chi connectivity index (χ2n) is 9.64. The van der Waals surface area contributed by atoms with E-state index in [1.54, 1.807) is 31.4 Å². The molecule has 0 aliphatic rings. The predicted molar refractivity (Wildman–Crippen MR) is 122 cm³/mol. The smallest absolute Gasteiger partial charge is 0.262 e. The highest BCUT2D eigenvalue weighted by Crippen LogP contribution is 2.45. The molecule has 0 bridgehead atoms. The lowest BCUT2D eigenvalue weighted by atomic mass is 9.78. The minimum absolute atomic E-state index is 0.0512. The first-order valence-electron chi connectivity index (χ1n) is 9.91. The molecule has 3 aromatic rings. The fourth-order valence-corrected chi connectivity index (χ4v) is 4.43. The maximum absolute atomic E-state index is 13.5. The summed E-state index contributed by atoms with van der Waals surface area (Å²) in [6.45, 7) is 15.2. The van der Waals surface area contributed by atoms with E-state index in [1.807, 2.05) is 23.6 Å². The molecule has 1 aromatic heterocycles. The predicted octanol–water partition coefficient (Wildman–Crippen LogP) is 6.90. The second kappa shape index (κ2) is 7.21. The minimum Gasteiger partial charge on any atom is -0.496 e. The average molecular weight is 412 g/mol. The van der Waals surface area contributed by atoms with Gasteiger partial charge in [-0.1, -0.05) is 53.1 Å². The van der Waals surface area contributed by atoms with Crippen molar-refractivity contribution in [2.45, 2.75) is 59.3 Å². The summed E-state index contributed by atoms with van der Waals surface area (Å²) in [6, 6.07) is 11.0. The number of fused-ring (bicyclic) bond motifs is 1. The summed E-state index contributed by atoms with van der Waals surface area (Å²) >= 11 is 6.02. The van der Waals surface area contributed by atoms with Gasteiger partial charge in [0, 0.05) is 27.2 Å². The van der Waals surface area contributed by atoms with Crippen LogP contribution in [-0.4, -0.2) is 17.6 Å². The van der Waals surface area contributed by atoms with E-state index in [1.165, 1.54) is 5.56 Å². The average Bonchev–Trinajstić information content (AvgIpc) is 2.91. The molecule has 0 amide bonds. The van der Waals surface area contributed by atoms with Crippen molar-refractivity contribution in [2.24, 2.45) is 0 Å². The Balaban J connectivity index is 2.46. The first-order chi connectivity index (χ1) is 13.4. The third-order valence-corrected chi connectivity index (χ3v) is 5.60. The van der Waals surface area contributed by atoms with E-state index in [4.69, 9.17) is 16.3 Å². The van der Waals surface area contributed by atoms with Gasteiger partial charge in [0.1, 0.15) is 5.75 Å². The Labute approximate surface area is 178 Å². The summed E-state index contributed by atoms with van der Waals surface area (Å²) in [4.78, 5) is 13.5. The van der Waals surface area contributed by atoms with Crippen LogP contribution in [0.15, 0.2) is 36.4 Å². The third kappa shape index (κ3) is 3.69. The highest BCUT2D eigenvalue weighted by molar-refractivity contribution is 6.30. The van der Waals surface area contributed by atoms with E-state index in [9.17, 15) is 4.79 Å². The molecule has 1 heterocycles. The zero-order valence-corrected chi connectivity index (χ0v) is 19.4. The van der Waals surface area contributed by atoms with E-state index >= 15 is 0 Å². The fourth-order valence-electron chi connectivity index (χ4n) is 4.30. The SMILES string of the molecule is COc1ccc2c(c1C(C)(C)C)c(C(C)(C)C)c(C)n2C(=O)c1ccc(Cl)cc1. The van der Waals surface area contributed by atoms with Crippen LogP contribution in [0, 0.1) is 6.92 Å². The number of benzene rings is 2. The number of rotatable bonds is 2. The van der Waals surface area contributed by atoms with Crippen LogP contribution >= 0.6 is 11.6 Å². The lowest BCUT2D eigenvalue weighted by molar-refractivity contribution is 0.0963. The van der Waals surface area contributed by atoms with Crippen molar-refractivity contribution in [2.75, 3.05) is 7.11 Å². The summed E-state index contributed by atoms with van der Waals surface area (Å²) in [5, 5.41) is 1.73. The molecule has 0 aliphatic heterocycles. The van der Waals surface area contributed by atoms with Gasteiger partial charge in [-0.05, 0) is 59.7 Å². The van der Waals surface area contributed by atoms with Gasteiger partial charge in [0.2, 0.25) is 0 Å². The zero-order chi connectivity index (χ0) is 21.7. The normalized spacial score (nSPS) is 12.4. The molecule has 3 rings (SSSR count). The van der Waals surface area contributed by atoms with Gasteiger partial charge in [-0.25, -0.2) is 0 Å². The molecule has 0 aliphatic carbocycles. The fraction of sp³-hybridized carbons (Fsp3) is 0.400. The molecule has 2 aromatic carbocycles. The quantitative estimate of drug-likeness (QED) is 0.459. The molecule has 0 N–H and O–H groups in total. The molecule has 4 heteroatoms. The van der Waals surface area contributed by atoms with Gasteiger partial charge >= 0.3 is 0 Å². The van der Waals surface area contributed by atoms with Crippen LogP contribution < -0.4 is 4.74 Å². The number of methoxy groups -OCH3 is 1. The van der Waals surface area contributed by atoms with E-state index in [0.29, 0.717) is 10.6 Å². The van der Waals surface area contributed by atoms with Crippen LogP contribution in [-0.2, 0) is 10.8 Å². The van der Waals surface area contributed by atoms with Crippen molar-refractivity contribution in [1.82, 2.24) is 4.57 Å². The number of carbonyl (C=O) groups excluding carboxylic acids is 1. The standard InChI is InChI=1S/C25H30ClNO2/c1-15-21(24(2,3)4)20-18(13-14-19(29-8)22(20)25(5,6)7)27(15)23(28)16-9-11-17(26)12-10-16/h9-14H,1-8H3. The van der Waals surface area contributed by atoms with Gasteiger partial charge in [-0.2, -0.15) is 0 Å². The number of carbonyl (C=O) groups is 1. The van der Waals surface area contributed by atoms with Gasteiger partial charge in [-0.3, -0.25) is 9.36 Å². The van der Waals surface area contributed by atoms with Crippen LogP contribution in [0.5, 0.6) is 5.75 Å². The minimum atomic E-state index is -0.146. The van der Waals surface area contributed by atoms with Crippen molar-refractivity contribution in [1.29, 1.82) is 0 Å². The van der Waals surface area contributed by atoms with Crippen LogP contribution in [0.3, 0.4) is 0 Å². The molecule has 0 radical (unpaired) electrons. The Morgan fingerprint density at radius 3 is 1.93 bits per heavy atom. The van der Waals surface area contributed by atoms with Crippen molar-refractivity contribution in [3.63, 3.8) is 0 Å². The van der Waals surface area contributed by atoms with Crippen LogP contribution in [0.4, 0.5) is 0 Å². The number of nitrogens with zero attached hydrogens (tertiary/aromatic N) is 1. The first kappa shape index (κ1) is 21.4. The number of hydrogen-bond donors (Lipinski definition) is 0. The van der Waals surface area contributed by atoms with E-state index in [2.05, 4.69) is 41.5 Å². The molecule has 3 nitrogen and oxygen atoms in total. The van der Waals surface area contributed by atoms with Gasteiger partial charge < -0.3 is 4.74 Å². The molecule has 0 fully saturated rings. The number of halogens is 1. The Morgan fingerprint density at radius 1 is 0.897 bits per heavy atom. The summed E-state index contributed by atoms with van der Waals surface area (Å²) in [6.07, 6.45) is 0. The van der Waals surface area contributed by atoms with Gasteiger partial charge in [0.05, 0.1) is 12.6 Å². The highest BCUT2D eigenvalue weighted by Gasteiger charge is 2.32. The Morgan fingerprint density at radius 2 is 1.45 bits per heavy atom. The monoisotopic (exact) mass is 411 g/mol. The Kier molecular flexibility index (Phi) is 5.33. The summed E-state index contributed by atoms with van der Waals surface area (Å²) in [5.74, 6) is 0.802. The molecular weight excluding hydrogens is 382 g/mol. The van der Waals surface area contributed by atoms with Crippen LogP contribution in [0.2, 0.25) is 5.02 Å². The van der Waals surface area contributed by atoms with E-state index in [0.717, 1.165) is 27.9 Å². The third-order valence-electron chi connectivity index (χ3n) is 5.35. The lowest BCUT2D eigenvalue weighted by Crippen LogP contribution is -2.18. The molecule has 0 atom stereocenters. The summed E-state index contributed by atoms with van der Waals surface area (Å²) < 4.78 is 7.59. The molecular formula is C25H30ClNO2. The van der Waals surface area contributed by atoms with Crippen molar-refractivity contribution < 1.29 is 9.53 Å². The maximum atomic E-state index is 13.5. The molecule has 0 spiro atoms. The second-order valence-corrected chi connectivity index (χ2v) is 10.1. The molecule has 154 valence electrons.